The number of hydrogen-bond acceptors (Lipinski definition) is 5. The molecule has 1 aromatic carbocycles. The number of anilines is 1. The first kappa shape index (κ1) is 19.7. The third-order valence-electron chi connectivity index (χ3n) is 6.30. The molecule has 2 aliphatic rings. The third kappa shape index (κ3) is 4.31. The highest BCUT2D eigenvalue weighted by molar-refractivity contribution is 5.79. The van der Waals surface area contributed by atoms with E-state index in [-0.39, 0.29) is 11.8 Å². The van der Waals surface area contributed by atoms with Gasteiger partial charge < -0.3 is 10.2 Å². The average Bonchev–Trinajstić information content (AvgIpc) is 3.51. The van der Waals surface area contributed by atoms with Gasteiger partial charge in [0.2, 0.25) is 5.91 Å². The van der Waals surface area contributed by atoms with Crippen LogP contribution in [-0.2, 0) is 24.1 Å². The fourth-order valence-electron chi connectivity index (χ4n) is 4.66. The summed E-state index contributed by atoms with van der Waals surface area (Å²) < 4.78 is 0. The molecule has 1 amide bonds. The summed E-state index contributed by atoms with van der Waals surface area (Å²) in [5.41, 5.74) is 4.61. The molecule has 0 unspecified atom stereocenters. The van der Waals surface area contributed by atoms with Crippen molar-refractivity contribution in [2.24, 2.45) is 5.92 Å². The van der Waals surface area contributed by atoms with E-state index >= 15 is 0 Å². The molecule has 160 valence electrons. The van der Waals surface area contributed by atoms with E-state index in [1.54, 1.807) is 6.20 Å². The first-order valence-electron chi connectivity index (χ1n) is 11.2. The summed E-state index contributed by atoms with van der Waals surface area (Å²) in [6.07, 6.45) is 9.54. The number of nitrogens with zero attached hydrogens (tertiary/aromatic N) is 4. The van der Waals surface area contributed by atoms with Crippen molar-refractivity contribution in [2.75, 3.05) is 24.5 Å². The van der Waals surface area contributed by atoms with Crippen LogP contribution in [0.3, 0.4) is 0 Å². The van der Waals surface area contributed by atoms with Gasteiger partial charge in [0.15, 0.2) is 5.82 Å². The van der Waals surface area contributed by atoms with Gasteiger partial charge in [0, 0.05) is 42.7 Å². The SMILES string of the molecule is O=C(NCCc1cn[nH]c1)[C@@H]1CCCN(c2nc(-c3ccccc3)nc3c2CCC3)C1. The van der Waals surface area contributed by atoms with Crippen LogP contribution in [-0.4, -0.2) is 45.7 Å². The van der Waals surface area contributed by atoms with Crippen molar-refractivity contribution in [1.29, 1.82) is 0 Å². The molecule has 7 heteroatoms. The highest BCUT2D eigenvalue weighted by atomic mass is 16.1. The summed E-state index contributed by atoms with van der Waals surface area (Å²) in [6, 6.07) is 10.2. The number of aromatic amines is 1. The quantitative estimate of drug-likeness (QED) is 0.645. The van der Waals surface area contributed by atoms with Gasteiger partial charge in [-0.3, -0.25) is 9.89 Å². The number of hydrogen-bond donors (Lipinski definition) is 2. The molecule has 3 aromatic rings. The fourth-order valence-corrected chi connectivity index (χ4v) is 4.66. The number of benzene rings is 1. The van der Waals surface area contributed by atoms with Crippen LogP contribution in [0.2, 0.25) is 0 Å². The molecular weight excluding hydrogens is 388 g/mol. The Bertz CT molecular complexity index is 1030. The van der Waals surface area contributed by atoms with Gasteiger partial charge in [-0.2, -0.15) is 5.10 Å². The van der Waals surface area contributed by atoms with E-state index in [9.17, 15) is 4.79 Å². The second kappa shape index (κ2) is 8.88. The van der Waals surface area contributed by atoms with Crippen molar-refractivity contribution < 1.29 is 4.79 Å². The van der Waals surface area contributed by atoms with Crippen LogP contribution in [0.5, 0.6) is 0 Å². The zero-order valence-corrected chi connectivity index (χ0v) is 17.7. The number of amides is 1. The molecule has 0 saturated carbocycles. The predicted octanol–water partition coefficient (Wildman–Crippen LogP) is 2.93. The summed E-state index contributed by atoms with van der Waals surface area (Å²) in [6.45, 7) is 2.29. The number of aromatic nitrogens is 4. The van der Waals surface area contributed by atoms with Gasteiger partial charge in [0.05, 0.1) is 12.1 Å². The molecule has 1 aliphatic carbocycles. The molecule has 0 spiro atoms. The number of nitrogens with one attached hydrogen (secondary N) is 2. The number of piperidine rings is 1. The molecule has 5 rings (SSSR count). The fraction of sp³-hybridized carbons (Fsp3) is 0.417. The van der Waals surface area contributed by atoms with Crippen LogP contribution in [0.4, 0.5) is 5.82 Å². The Morgan fingerprint density at radius 3 is 2.90 bits per heavy atom. The van der Waals surface area contributed by atoms with E-state index in [0.29, 0.717) is 6.54 Å². The Balaban J connectivity index is 1.31. The van der Waals surface area contributed by atoms with Crippen LogP contribution < -0.4 is 10.2 Å². The first-order chi connectivity index (χ1) is 15.3. The summed E-state index contributed by atoms with van der Waals surface area (Å²) >= 11 is 0. The van der Waals surface area contributed by atoms with Crippen molar-refractivity contribution in [2.45, 2.75) is 38.5 Å². The smallest absolute Gasteiger partial charge is 0.224 e. The predicted molar refractivity (Wildman–Crippen MR) is 120 cm³/mol. The van der Waals surface area contributed by atoms with E-state index in [4.69, 9.17) is 9.97 Å². The number of carbonyl (C=O) groups is 1. The topological polar surface area (TPSA) is 86.8 Å². The number of H-pyrrole nitrogens is 1. The molecule has 2 N–H and O–H groups in total. The van der Waals surface area contributed by atoms with E-state index in [2.05, 4.69) is 32.5 Å². The first-order valence-corrected chi connectivity index (χ1v) is 11.2. The molecule has 7 nitrogen and oxygen atoms in total. The molecular formula is C24H28N6O. The van der Waals surface area contributed by atoms with Crippen LogP contribution in [0.25, 0.3) is 11.4 Å². The summed E-state index contributed by atoms with van der Waals surface area (Å²) in [5.74, 6) is 1.97. The van der Waals surface area contributed by atoms with Gasteiger partial charge in [0.1, 0.15) is 5.82 Å². The lowest BCUT2D eigenvalue weighted by molar-refractivity contribution is -0.125. The van der Waals surface area contributed by atoms with Gasteiger partial charge in [0.25, 0.3) is 0 Å². The van der Waals surface area contributed by atoms with Gasteiger partial charge in [-0.1, -0.05) is 30.3 Å². The minimum absolute atomic E-state index is 0.00899. The normalized spacial score (nSPS) is 18.1. The Morgan fingerprint density at radius 2 is 2.06 bits per heavy atom. The molecule has 1 aliphatic heterocycles. The van der Waals surface area contributed by atoms with Gasteiger partial charge in [-0.05, 0) is 44.1 Å². The summed E-state index contributed by atoms with van der Waals surface area (Å²) in [7, 11) is 0. The molecule has 2 aromatic heterocycles. The zero-order chi connectivity index (χ0) is 21.0. The minimum Gasteiger partial charge on any atom is -0.355 e. The highest BCUT2D eigenvalue weighted by Gasteiger charge is 2.30. The number of aryl methyl sites for hydroxylation is 1. The number of carbonyl (C=O) groups excluding carboxylic acids is 1. The van der Waals surface area contributed by atoms with E-state index in [1.807, 2.05) is 24.4 Å². The molecule has 0 radical (unpaired) electrons. The van der Waals surface area contributed by atoms with Crippen molar-refractivity contribution in [3.05, 3.63) is 59.5 Å². The molecule has 31 heavy (non-hydrogen) atoms. The Hall–Kier alpha value is -3.22. The second-order valence-corrected chi connectivity index (χ2v) is 8.45. The van der Waals surface area contributed by atoms with Crippen molar-refractivity contribution >= 4 is 11.7 Å². The van der Waals surface area contributed by atoms with E-state index in [1.165, 1.54) is 11.3 Å². The summed E-state index contributed by atoms with van der Waals surface area (Å²) in [4.78, 5) is 25.0. The lowest BCUT2D eigenvalue weighted by atomic mass is 9.96. The van der Waals surface area contributed by atoms with E-state index < -0.39 is 0 Å². The monoisotopic (exact) mass is 416 g/mol. The summed E-state index contributed by atoms with van der Waals surface area (Å²) in [5, 5.41) is 9.88. The molecule has 0 bridgehead atoms. The molecule has 3 heterocycles. The van der Waals surface area contributed by atoms with Crippen molar-refractivity contribution in [3.8, 4) is 11.4 Å². The highest BCUT2D eigenvalue weighted by Crippen LogP contribution is 2.33. The third-order valence-corrected chi connectivity index (χ3v) is 6.30. The van der Waals surface area contributed by atoms with Gasteiger partial charge in [-0.25, -0.2) is 9.97 Å². The van der Waals surface area contributed by atoms with Gasteiger partial charge in [-0.15, -0.1) is 0 Å². The average molecular weight is 417 g/mol. The standard InChI is InChI=1S/C24H28N6O/c31-24(25-12-11-17-14-26-27-15-17)19-8-5-13-30(16-19)23-20-9-4-10-21(20)28-22(29-23)18-6-2-1-3-7-18/h1-3,6-7,14-15,19H,4-5,8-13,16H2,(H,25,31)(H,26,27)/t19-/m1/s1. The lowest BCUT2D eigenvalue weighted by Crippen LogP contribution is -2.44. The molecule has 1 saturated heterocycles. The Labute approximate surface area is 182 Å². The maximum Gasteiger partial charge on any atom is 0.224 e. The molecule has 1 atom stereocenters. The number of fused-ring (bicyclic) bond motifs is 1. The number of rotatable bonds is 6. The van der Waals surface area contributed by atoms with Crippen LogP contribution in [0.15, 0.2) is 42.7 Å². The van der Waals surface area contributed by atoms with Crippen molar-refractivity contribution in [3.63, 3.8) is 0 Å². The maximum absolute atomic E-state index is 12.8. The van der Waals surface area contributed by atoms with Crippen LogP contribution in [0.1, 0.15) is 36.1 Å². The zero-order valence-electron chi connectivity index (χ0n) is 17.7. The minimum atomic E-state index is -0.00899. The Morgan fingerprint density at radius 1 is 1.16 bits per heavy atom. The van der Waals surface area contributed by atoms with Gasteiger partial charge >= 0.3 is 0 Å². The van der Waals surface area contributed by atoms with E-state index in [0.717, 1.165) is 74.4 Å². The molecule has 1 fully saturated rings. The lowest BCUT2D eigenvalue weighted by Gasteiger charge is -2.34. The van der Waals surface area contributed by atoms with Crippen molar-refractivity contribution in [1.82, 2.24) is 25.5 Å². The largest absolute Gasteiger partial charge is 0.355 e. The second-order valence-electron chi connectivity index (χ2n) is 8.45. The van der Waals surface area contributed by atoms with Crippen LogP contribution >= 0.6 is 0 Å². The van der Waals surface area contributed by atoms with Crippen LogP contribution in [0, 0.1) is 5.92 Å². The Kier molecular flexibility index (Phi) is 5.65. The maximum atomic E-state index is 12.8.